The number of carbonyl (C=O) groups excluding carboxylic acids is 1. The van der Waals surface area contributed by atoms with Gasteiger partial charge in [0.2, 0.25) is 0 Å². The molecular weight excluding hydrogens is 324 g/mol. The van der Waals surface area contributed by atoms with Crippen molar-refractivity contribution in [1.82, 2.24) is 15.3 Å². The van der Waals surface area contributed by atoms with Gasteiger partial charge in [0.25, 0.3) is 5.91 Å². The monoisotopic (exact) mass is 344 g/mol. The van der Waals surface area contributed by atoms with E-state index in [2.05, 4.69) is 44.5 Å². The van der Waals surface area contributed by atoms with Crippen molar-refractivity contribution in [3.8, 4) is 0 Å². The number of hydrogen-bond acceptors (Lipinski definition) is 4. The Bertz CT molecular complexity index is 911. The Balaban J connectivity index is 1.53. The SMILES string of the molecule is O=C(NCc1cccnc1)c1cccnc1N1CCc2ccccc2C1. The van der Waals surface area contributed by atoms with Gasteiger partial charge in [-0.15, -0.1) is 0 Å². The van der Waals surface area contributed by atoms with Crippen LogP contribution >= 0.6 is 0 Å². The van der Waals surface area contributed by atoms with Gasteiger partial charge in [-0.05, 0) is 41.3 Å². The molecule has 5 nitrogen and oxygen atoms in total. The predicted molar refractivity (Wildman–Crippen MR) is 101 cm³/mol. The minimum atomic E-state index is -0.115. The summed E-state index contributed by atoms with van der Waals surface area (Å²) in [4.78, 5) is 23.5. The summed E-state index contributed by atoms with van der Waals surface area (Å²) in [6, 6.07) is 15.9. The summed E-state index contributed by atoms with van der Waals surface area (Å²) in [5.41, 5.74) is 4.25. The zero-order valence-electron chi connectivity index (χ0n) is 14.4. The van der Waals surface area contributed by atoms with Crippen LogP contribution in [0.25, 0.3) is 0 Å². The predicted octanol–water partition coefficient (Wildman–Crippen LogP) is 2.97. The lowest BCUT2D eigenvalue weighted by atomic mass is 9.99. The first kappa shape index (κ1) is 16.3. The fourth-order valence-electron chi connectivity index (χ4n) is 3.28. The van der Waals surface area contributed by atoms with E-state index in [9.17, 15) is 4.79 Å². The van der Waals surface area contributed by atoms with Crippen molar-refractivity contribution in [2.75, 3.05) is 11.4 Å². The Hall–Kier alpha value is -3.21. The molecule has 0 unspecified atom stereocenters. The van der Waals surface area contributed by atoms with Gasteiger partial charge < -0.3 is 10.2 Å². The lowest BCUT2D eigenvalue weighted by Gasteiger charge is -2.30. The maximum atomic E-state index is 12.7. The number of hydrogen-bond donors (Lipinski definition) is 1. The van der Waals surface area contributed by atoms with Crippen LogP contribution in [0.3, 0.4) is 0 Å². The molecule has 0 aliphatic carbocycles. The molecule has 1 N–H and O–H groups in total. The van der Waals surface area contributed by atoms with Crippen LogP contribution < -0.4 is 10.2 Å². The second-order valence-electron chi connectivity index (χ2n) is 6.36. The smallest absolute Gasteiger partial charge is 0.255 e. The molecule has 3 aromatic rings. The molecule has 0 saturated heterocycles. The Labute approximate surface area is 152 Å². The molecule has 4 rings (SSSR count). The maximum Gasteiger partial charge on any atom is 0.255 e. The third-order valence-electron chi connectivity index (χ3n) is 4.64. The third kappa shape index (κ3) is 3.42. The van der Waals surface area contributed by atoms with Crippen molar-refractivity contribution in [3.63, 3.8) is 0 Å². The van der Waals surface area contributed by atoms with Crippen LogP contribution in [0.2, 0.25) is 0 Å². The van der Waals surface area contributed by atoms with E-state index in [0.29, 0.717) is 12.1 Å². The van der Waals surface area contributed by atoms with Gasteiger partial charge in [-0.3, -0.25) is 9.78 Å². The number of rotatable bonds is 4. The van der Waals surface area contributed by atoms with Crippen LogP contribution in [0.4, 0.5) is 5.82 Å². The van der Waals surface area contributed by atoms with E-state index in [1.165, 1.54) is 11.1 Å². The van der Waals surface area contributed by atoms with Crippen LogP contribution in [0.1, 0.15) is 27.0 Å². The molecule has 0 fully saturated rings. The Morgan fingerprint density at radius 3 is 2.73 bits per heavy atom. The van der Waals surface area contributed by atoms with Crippen molar-refractivity contribution in [3.05, 3.63) is 89.4 Å². The second-order valence-corrected chi connectivity index (χ2v) is 6.36. The largest absolute Gasteiger partial charge is 0.351 e. The van der Waals surface area contributed by atoms with Gasteiger partial charge in [-0.2, -0.15) is 0 Å². The van der Waals surface area contributed by atoms with Crippen LogP contribution in [-0.4, -0.2) is 22.4 Å². The highest BCUT2D eigenvalue weighted by Gasteiger charge is 2.21. The lowest BCUT2D eigenvalue weighted by Crippen LogP contribution is -2.33. The zero-order chi connectivity index (χ0) is 17.8. The van der Waals surface area contributed by atoms with Gasteiger partial charge in [0, 0.05) is 38.2 Å². The summed E-state index contributed by atoms with van der Waals surface area (Å²) in [5.74, 6) is 0.626. The molecule has 0 saturated carbocycles. The van der Waals surface area contributed by atoms with E-state index in [1.54, 1.807) is 24.7 Å². The highest BCUT2D eigenvalue weighted by Crippen LogP contribution is 2.25. The molecule has 3 heterocycles. The molecule has 2 aromatic heterocycles. The van der Waals surface area contributed by atoms with E-state index in [0.717, 1.165) is 30.9 Å². The Kier molecular flexibility index (Phi) is 4.60. The number of amides is 1. The first-order chi connectivity index (χ1) is 12.8. The van der Waals surface area contributed by atoms with E-state index in [4.69, 9.17) is 0 Å². The summed E-state index contributed by atoms with van der Waals surface area (Å²) in [5, 5.41) is 2.97. The van der Waals surface area contributed by atoms with Crippen molar-refractivity contribution in [2.45, 2.75) is 19.5 Å². The Morgan fingerprint density at radius 2 is 1.88 bits per heavy atom. The molecule has 130 valence electrons. The number of benzene rings is 1. The summed E-state index contributed by atoms with van der Waals surface area (Å²) < 4.78 is 0. The van der Waals surface area contributed by atoms with E-state index in [-0.39, 0.29) is 5.91 Å². The number of fused-ring (bicyclic) bond motifs is 1. The normalized spacial score (nSPS) is 13.2. The zero-order valence-corrected chi connectivity index (χ0v) is 14.4. The number of anilines is 1. The molecule has 0 atom stereocenters. The summed E-state index contributed by atoms with van der Waals surface area (Å²) in [6.45, 7) is 2.08. The fraction of sp³-hybridized carbons (Fsp3) is 0.190. The highest BCUT2D eigenvalue weighted by atomic mass is 16.1. The van der Waals surface area contributed by atoms with E-state index >= 15 is 0 Å². The molecule has 5 heteroatoms. The minimum Gasteiger partial charge on any atom is -0.351 e. The molecule has 0 spiro atoms. The first-order valence-corrected chi connectivity index (χ1v) is 8.75. The average molecular weight is 344 g/mol. The molecule has 1 amide bonds. The summed E-state index contributed by atoms with van der Waals surface area (Å²) >= 11 is 0. The number of carbonyl (C=O) groups is 1. The summed E-state index contributed by atoms with van der Waals surface area (Å²) in [6.07, 6.45) is 6.18. The Morgan fingerprint density at radius 1 is 1.04 bits per heavy atom. The topological polar surface area (TPSA) is 58.1 Å². The number of pyridine rings is 2. The number of nitrogens with one attached hydrogen (secondary N) is 1. The van der Waals surface area contributed by atoms with Gasteiger partial charge in [-0.25, -0.2) is 4.98 Å². The molecular formula is C21H20N4O. The second kappa shape index (κ2) is 7.35. The van der Waals surface area contributed by atoms with Crippen LogP contribution in [0.15, 0.2) is 67.1 Å². The van der Waals surface area contributed by atoms with Gasteiger partial charge in [-0.1, -0.05) is 30.3 Å². The van der Waals surface area contributed by atoms with Crippen LogP contribution in [-0.2, 0) is 19.5 Å². The highest BCUT2D eigenvalue weighted by molar-refractivity contribution is 5.98. The molecule has 1 aliphatic heterocycles. The standard InChI is InChI=1S/C21H20N4O/c26-21(24-14-16-5-3-10-22-13-16)19-8-4-11-23-20(19)25-12-9-17-6-1-2-7-18(17)15-25/h1-8,10-11,13H,9,12,14-15H2,(H,24,26). The van der Waals surface area contributed by atoms with Crippen molar-refractivity contribution < 1.29 is 4.79 Å². The van der Waals surface area contributed by atoms with Crippen molar-refractivity contribution in [1.29, 1.82) is 0 Å². The average Bonchev–Trinajstić information content (AvgIpc) is 2.72. The minimum absolute atomic E-state index is 0.115. The van der Waals surface area contributed by atoms with Gasteiger partial charge >= 0.3 is 0 Å². The number of aromatic nitrogens is 2. The van der Waals surface area contributed by atoms with E-state index in [1.807, 2.05) is 18.2 Å². The van der Waals surface area contributed by atoms with Crippen LogP contribution in [0, 0.1) is 0 Å². The molecule has 1 aliphatic rings. The van der Waals surface area contributed by atoms with Crippen molar-refractivity contribution >= 4 is 11.7 Å². The molecule has 0 bridgehead atoms. The van der Waals surface area contributed by atoms with Gasteiger partial charge in [0.15, 0.2) is 0 Å². The van der Waals surface area contributed by atoms with E-state index < -0.39 is 0 Å². The maximum absolute atomic E-state index is 12.7. The van der Waals surface area contributed by atoms with Gasteiger partial charge in [0.05, 0.1) is 5.56 Å². The third-order valence-corrected chi connectivity index (χ3v) is 4.64. The number of nitrogens with zero attached hydrogens (tertiary/aromatic N) is 3. The van der Waals surface area contributed by atoms with Gasteiger partial charge in [0.1, 0.15) is 5.82 Å². The lowest BCUT2D eigenvalue weighted by molar-refractivity contribution is 0.0951. The summed E-state index contributed by atoms with van der Waals surface area (Å²) in [7, 11) is 0. The fourth-order valence-corrected chi connectivity index (χ4v) is 3.28. The van der Waals surface area contributed by atoms with Crippen molar-refractivity contribution in [2.24, 2.45) is 0 Å². The van der Waals surface area contributed by atoms with Crippen LogP contribution in [0.5, 0.6) is 0 Å². The quantitative estimate of drug-likeness (QED) is 0.790. The molecule has 0 radical (unpaired) electrons. The molecule has 1 aromatic carbocycles. The molecule has 26 heavy (non-hydrogen) atoms. The first-order valence-electron chi connectivity index (χ1n) is 8.75.